The molecular weight excluding hydrogens is 200 g/mol. The number of rotatable bonds is 2. The molecule has 0 unspecified atom stereocenters. The molecule has 0 amide bonds. The lowest BCUT2D eigenvalue weighted by atomic mass is 9.67. The minimum absolute atomic E-state index is 0.597. The Morgan fingerprint density at radius 1 is 1.25 bits per heavy atom. The van der Waals surface area contributed by atoms with Gasteiger partial charge in [0.15, 0.2) is 0 Å². The van der Waals surface area contributed by atoms with Crippen molar-refractivity contribution in [2.24, 2.45) is 5.92 Å². The SMILES string of the molecule is COc1cc(C)c(C2(O)CC(C)C2)cc1C. The van der Waals surface area contributed by atoms with Crippen LogP contribution >= 0.6 is 0 Å². The van der Waals surface area contributed by atoms with E-state index in [1.54, 1.807) is 7.11 Å². The van der Waals surface area contributed by atoms with Crippen LogP contribution in [0.2, 0.25) is 0 Å². The van der Waals surface area contributed by atoms with E-state index in [1.807, 2.05) is 19.9 Å². The van der Waals surface area contributed by atoms with Crippen LogP contribution in [-0.4, -0.2) is 12.2 Å². The zero-order chi connectivity index (χ0) is 11.9. The maximum atomic E-state index is 10.5. The third kappa shape index (κ3) is 1.71. The summed E-state index contributed by atoms with van der Waals surface area (Å²) in [4.78, 5) is 0. The van der Waals surface area contributed by atoms with Gasteiger partial charge in [-0.05, 0) is 61.4 Å². The first-order chi connectivity index (χ1) is 7.46. The van der Waals surface area contributed by atoms with Gasteiger partial charge in [-0.2, -0.15) is 0 Å². The highest BCUT2D eigenvalue weighted by molar-refractivity contribution is 5.44. The number of hydrogen-bond donors (Lipinski definition) is 1. The van der Waals surface area contributed by atoms with Crippen molar-refractivity contribution in [2.75, 3.05) is 7.11 Å². The largest absolute Gasteiger partial charge is 0.496 e. The normalized spacial score (nSPS) is 28.7. The highest BCUT2D eigenvalue weighted by Gasteiger charge is 2.42. The van der Waals surface area contributed by atoms with Crippen LogP contribution in [0.4, 0.5) is 0 Å². The average Bonchev–Trinajstić information content (AvgIpc) is 2.18. The zero-order valence-electron chi connectivity index (χ0n) is 10.5. The van der Waals surface area contributed by atoms with Gasteiger partial charge in [-0.15, -0.1) is 0 Å². The van der Waals surface area contributed by atoms with Gasteiger partial charge in [0.1, 0.15) is 5.75 Å². The second-order valence-electron chi connectivity index (χ2n) is 5.18. The standard InChI is InChI=1S/C14H20O2/c1-9-7-14(15,8-9)12-5-11(3)13(16-4)6-10(12)2/h5-6,9,15H,7-8H2,1-4H3. The van der Waals surface area contributed by atoms with E-state index in [9.17, 15) is 5.11 Å². The van der Waals surface area contributed by atoms with Crippen LogP contribution < -0.4 is 4.74 Å². The van der Waals surface area contributed by atoms with Gasteiger partial charge in [-0.1, -0.05) is 6.92 Å². The van der Waals surface area contributed by atoms with Crippen molar-refractivity contribution in [3.8, 4) is 5.75 Å². The highest BCUT2D eigenvalue weighted by atomic mass is 16.5. The summed E-state index contributed by atoms with van der Waals surface area (Å²) < 4.78 is 5.28. The topological polar surface area (TPSA) is 29.5 Å². The Morgan fingerprint density at radius 3 is 2.38 bits per heavy atom. The van der Waals surface area contributed by atoms with Gasteiger partial charge in [0.05, 0.1) is 12.7 Å². The van der Waals surface area contributed by atoms with Crippen LogP contribution in [0.25, 0.3) is 0 Å². The smallest absolute Gasteiger partial charge is 0.122 e. The minimum Gasteiger partial charge on any atom is -0.496 e. The predicted molar refractivity (Wildman–Crippen MR) is 64.8 cm³/mol. The molecule has 88 valence electrons. The number of benzene rings is 1. The molecule has 1 aromatic rings. The van der Waals surface area contributed by atoms with Crippen LogP contribution in [-0.2, 0) is 5.60 Å². The maximum absolute atomic E-state index is 10.5. The molecule has 0 aromatic heterocycles. The molecule has 1 saturated carbocycles. The highest BCUT2D eigenvalue weighted by Crippen LogP contribution is 2.47. The molecule has 1 aromatic carbocycles. The van der Waals surface area contributed by atoms with Gasteiger partial charge >= 0.3 is 0 Å². The van der Waals surface area contributed by atoms with Gasteiger partial charge in [0.25, 0.3) is 0 Å². The second kappa shape index (κ2) is 3.77. The van der Waals surface area contributed by atoms with Crippen LogP contribution in [0.1, 0.15) is 36.5 Å². The van der Waals surface area contributed by atoms with Crippen molar-refractivity contribution >= 4 is 0 Å². The van der Waals surface area contributed by atoms with E-state index in [1.165, 1.54) is 0 Å². The van der Waals surface area contributed by atoms with Crippen LogP contribution in [0.3, 0.4) is 0 Å². The van der Waals surface area contributed by atoms with Gasteiger partial charge in [-0.25, -0.2) is 0 Å². The van der Waals surface area contributed by atoms with Crippen molar-refractivity contribution < 1.29 is 9.84 Å². The predicted octanol–water partition coefficient (Wildman–Crippen LogP) is 2.93. The van der Waals surface area contributed by atoms with Crippen molar-refractivity contribution in [3.05, 3.63) is 28.8 Å². The molecule has 0 spiro atoms. The summed E-state index contributed by atoms with van der Waals surface area (Å²) in [5.41, 5.74) is 2.69. The van der Waals surface area contributed by atoms with Crippen molar-refractivity contribution in [1.82, 2.24) is 0 Å². The number of hydrogen-bond acceptors (Lipinski definition) is 2. The third-order valence-electron chi connectivity index (χ3n) is 3.62. The number of ether oxygens (including phenoxy) is 1. The molecule has 1 aliphatic carbocycles. The molecule has 1 N–H and O–H groups in total. The van der Waals surface area contributed by atoms with E-state index in [0.717, 1.165) is 35.3 Å². The quantitative estimate of drug-likeness (QED) is 0.830. The molecule has 0 heterocycles. The van der Waals surface area contributed by atoms with Crippen molar-refractivity contribution in [2.45, 2.75) is 39.2 Å². The van der Waals surface area contributed by atoms with E-state index < -0.39 is 5.60 Å². The van der Waals surface area contributed by atoms with E-state index >= 15 is 0 Å². The Bertz CT molecular complexity index is 403. The first-order valence-electron chi connectivity index (χ1n) is 5.84. The molecule has 0 saturated heterocycles. The maximum Gasteiger partial charge on any atom is 0.122 e. The Morgan fingerprint density at radius 2 is 1.88 bits per heavy atom. The third-order valence-corrected chi connectivity index (χ3v) is 3.62. The summed E-state index contributed by atoms with van der Waals surface area (Å²) >= 11 is 0. The zero-order valence-corrected chi connectivity index (χ0v) is 10.5. The van der Waals surface area contributed by atoms with Gasteiger partial charge in [0.2, 0.25) is 0 Å². The minimum atomic E-state index is -0.597. The summed E-state index contributed by atoms with van der Waals surface area (Å²) in [6, 6.07) is 4.09. The average molecular weight is 220 g/mol. The van der Waals surface area contributed by atoms with Gasteiger partial charge < -0.3 is 9.84 Å². The van der Waals surface area contributed by atoms with Crippen molar-refractivity contribution in [1.29, 1.82) is 0 Å². The van der Waals surface area contributed by atoms with Gasteiger partial charge in [0, 0.05) is 0 Å². The lowest BCUT2D eigenvalue weighted by Crippen LogP contribution is -2.40. The fourth-order valence-electron chi connectivity index (χ4n) is 2.82. The van der Waals surface area contributed by atoms with Crippen LogP contribution in [0.15, 0.2) is 12.1 Å². The molecule has 0 bridgehead atoms. The first-order valence-corrected chi connectivity index (χ1v) is 5.84. The van der Waals surface area contributed by atoms with E-state index in [0.29, 0.717) is 5.92 Å². The molecule has 0 aliphatic heterocycles. The summed E-state index contributed by atoms with van der Waals surface area (Å²) in [5.74, 6) is 1.53. The molecular formula is C14H20O2. The molecule has 1 fully saturated rings. The summed E-state index contributed by atoms with van der Waals surface area (Å²) in [7, 11) is 1.68. The second-order valence-corrected chi connectivity index (χ2v) is 5.18. The van der Waals surface area contributed by atoms with Crippen molar-refractivity contribution in [3.63, 3.8) is 0 Å². The number of aryl methyl sites for hydroxylation is 2. The first kappa shape index (κ1) is 11.5. The fraction of sp³-hybridized carbons (Fsp3) is 0.571. The number of methoxy groups -OCH3 is 1. The van der Waals surface area contributed by atoms with E-state index in [4.69, 9.17) is 4.74 Å². The summed E-state index contributed by atoms with van der Waals surface area (Å²) in [6.45, 7) is 6.24. The molecule has 0 radical (unpaired) electrons. The van der Waals surface area contributed by atoms with Crippen LogP contribution in [0.5, 0.6) is 5.75 Å². The van der Waals surface area contributed by atoms with E-state index in [-0.39, 0.29) is 0 Å². The molecule has 16 heavy (non-hydrogen) atoms. The molecule has 2 rings (SSSR count). The van der Waals surface area contributed by atoms with Crippen LogP contribution in [0, 0.1) is 19.8 Å². The molecule has 2 heteroatoms. The Labute approximate surface area is 97.3 Å². The lowest BCUT2D eigenvalue weighted by molar-refractivity contribution is -0.0743. The number of aliphatic hydroxyl groups is 1. The van der Waals surface area contributed by atoms with E-state index in [2.05, 4.69) is 13.0 Å². The summed E-state index contributed by atoms with van der Waals surface area (Å²) in [5, 5.41) is 10.5. The Hall–Kier alpha value is -1.02. The van der Waals surface area contributed by atoms with Gasteiger partial charge in [-0.3, -0.25) is 0 Å². The fourth-order valence-corrected chi connectivity index (χ4v) is 2.82. The molecule has 0 atom stereocenters. The summed E-state index contributed by atoms with van der Waals surface area (Å²) in [6.07, 6.45) is 1.75. The molecule has 1 aliphatic rings. The Kier molecular flexibility index (Phi) is 2.70. The Balaban J connectivity index is 2.39. The molecule has 2 nitrogen and oxygen atoms in total. The lowest BCUT2D eigenvalue weighted by Gasteiger charge is -2.43. The monoisotopic (exact) mass is 220 g/mol.